The molecule has 0 atom stereocenters. The fourth-order valence-corrected chi connectivity index (χ4v) is 3.64. The smallest absolute Gasteiger partial charge is 0.272 e. The summed E-state index contributed by atoms with van der Waals surface area (Å²) in [5.74, 6) is -0.362. The molecule has 0 bridgehead atoms. The van der Waals surface area contributed by atoms with Crippen molar-refractivity contribution in [2.75, 3.05) is 5.32 Å². The molecule has 5 aromatic rings. The third kappa shape index (κ3) is 2.99. The van der Waals surface area contributed by atoms with Gasteiger partial charge >= 0.3 is 0 Å². The lowest BCUT2D eigenvalue weighted by Gasteiger charge is -2.13. The predicted molar refractivity (Wildman–Crippen MR) is 116 cm³/mol. The van der Waals surface area contributed by atoms with Gasteiger partial charge in [0.05, 0.1) is 0 Å². The Kier molecular flexibility index (Phi) is 3.99. The van der Waals surface area contributed by atoms with Gasteiger partial charge in [0.25, 0.3) is 11.5 Å². The van der Waals surface area contributed by atoms with Crippen molar-refractivity contribution in [1.29, 1.82) is 0 Å². The monoisotopic (exact) mass is 379 g/mol. The Bertz CT molecular complexity index is 1380. The summed E-state index contributed by atoms with van der Waals surface area (Å²) in [4.78, 5) is 31.8. The number of H-pyrrole nitrogens is 2. The maximum atomic E-state index is 13.0. The zero-order valence-electron chi connectivity index (χ0n) is 15.4. The molecule has 0 fully saturated rings. The molecule has 0 saturated carbocycles. The maximum absolute atomic E-state index is 13.0. The number of hydrogen-bond acceptors (Lipinski definition) is 2. The van der Waals surface area contributed by atoms with Crippen molar-refractivity contribution in [2.45, 2.75) is 0 Å². The average Bonchev–Trinajstić information content (AvgIpc) is 3.19. The number of benzene rings is 3. The molecule has 2 heterocycles. The lowest BCUT2D eigenvalue weighted by Crippen LogP contribution is -2.21. The Labute approximate surface area is 166 Å². The summed E-state index contributed by atoms with van der Waals surface area (Å²) in [6.07, 6.45) is 0. The molecule has 1 amide bonds. The highest BCUT2D eigenvalue weighted by Gasteiger charge is 2.18. The molecule has 0 radical (unpaired) electrons. The normalized spacial score (nSPS) is 11.0. The minimum atomic E-state index is -0.362. The highest BCUT2D eigenvalue weighted by molar-refractivity contribution is 6.10. The molecule has 5 heteroatoms. The second-order valence-electron chi connectivity index (χ2n) is 6.84. The Morgan fingerprint density at radius 3 is 2.24 bits per heavy atom. The van der Waals surface area contributed by atoms with E-state index >= 15 is 0 Å². The molecule has 3 aromatic carbocycles. The highest BCUT2D eigenvalue weighted by Crippen LogP contribution is 2.32. The number of aromatic nitrogens is 2. The molecule has 2 aromatic heterocycles. The van der Waals surface area contributed by atoms with Gasteiger partial charge in [0.15, 0.2) is 0 Å². The SMILES string of the molecule is O=C(Nc1c(-c2ccccc2)c2ccccc2[nH]c1=O)c1cc2ccccc2[nH]1. The van der Waals surface area contributed by atoms with E-state index in [9.17, 15) is 9.59 Å². The maximum Gasteiger partial charge on any atom is 0.272 e. The van der Waals surface area contributed by atoms with Crippen LogP contribution >= 0.6 is 0 Å². The summed E-state index contributed by atoms with van der Waals surface area (Å²) in [5.41, 5.74) is 3.45. The Hall–Kier alpha value is -4.12. The van der Waals surface area contributed by atoms with Crippen LogP contribution in [0.2, 0.25) is 0 Å². The highest BCUT2D eigenvalue weighted by atomic mass is 16.2. The molecular formula is C24H17N3O2. The molecule has 3 N–H and O–H groups in total. The molecular weight excluding hydrogens is 362 g/mol. The van der Waals surface area contributed by atoms with Gasteiger partial charge in [0, 0.05) is 27.4 Å². The van der Waals surface area contributed by atoms with Crippen LogP contribution in [0.1, 0.15) is 10.5 Å². The number of hydrogen-bond donors (Lipinski definition) is 3. The van der Waals surface area contributed by atoms with Crippen molar-refractivity contribution in [3.8, 4) is 11.1 Å². The molecule has 0 aliphatic heterocycles. The Balaban J connectivity index is 1.67. The second-order valence-corrected chi connectivity index (χ2v) is 6.84. The van der Waals surface area contributed by atoms with Crippen LogP contribution in [0.3, 0.4) is 0 Å². The van der Waals surface area contributed by atoms with Gasteiger partial charge in [-0.1, -0.05) is 66.7 Å². The number of carbonyl (C=O) groups is 1. The zero-order chi connectivity index (χ0) is 19.8. The van der Waals surface area contributed by atoms with Gasteiger partial charge < -0.3 is 15.3 Å². The number of pyridine rings is 1. The number of aromatic amines is 2. The van der Waals surface area contributed by atoms with Crippen LogP contribution in [0, 0.1) is 0 Å². The minimum Gasteiger partial charge on any atom is -0.351 e. The standard InChI is InChI=1S/C24H17N3O2/c28-23(20-14-16-10-4-6-12-18(16)25-20)27-22-21(15-8-2-1-3-9-15)17-11-5-7-13-19(17)26-24(22)29/h1-14,25H,(H,26,29)(H,27,28). The number of carbonyl (C=O) groups excluding carboxylic acids is 1. The van der Waals surface area contributed by atoms with Crippen LogP contribution in [0.5, 0.6) is 0 Å². The predicted octanol–water partition coefficient (Wildman–Crippen LogP) is 4.93. The zero-order valence-corrected chi connectivity index (χ0v) is 15.4. The summed E-state index contributed by atoms with van der Waals surface area (Å²) in [6.45, 7) is 0. The van der Waals surface area contributed by atoms with Crippen LogP contribution in [-0.4, -0.2) is 15.9 Å². The van der Waals surface area contributed by atoms with Crippen molar-refractivity contribution < 1.29 is 4.79 Å². The van der Waals surface area contributed by atoms with Crippen molar-refractivity contribution in [3.63, 3.8) is 0 Å². The molecule has 5 rings (SSSR count). The summed E-state index contributed by atoms with van der Waals surface area (Å²) in [6, 6.07) is 26.6. The second kappa shape index (κ2) is 6.80. The molecule has 0 aliphatic carbocycles. The van der Waals surface area contributed by atoms with Crippen molar-refractivity contribution >= 4 is 33.4 Å². The Morgan fingerprint density at radius 2 is 1.45 bits per heavy atom. The van der Waals surface area contributed by atoms with Gasteiger partial charge in [0.1, 0.15) is 11.4 Å². The van der Waals surface area contributed by atoms with E-state index in [4.69, 9.17) is 0 Å². The van der Waals surface area contributed by atoms with E-state index in [1.165, 1.54) is 0 Å². The Morgan fingerprint density at radius 1 is 0.759 bits per heavy atom. The van der Waals surface area contributed by atoms with Gasteiger partial charge in [-0.2, -0.15) is 0 Å². The van der Waals surface area contributed by atoms with Gasteiger partial charge in [0.2, 0.25) is 0 Å². The van der Waals surface area contributed by atoms with E-state index in [0.29, 0.717) is 11.3 Å². The first kappa shape index (κ1) is 17.0. The van der Waals surface area contributed by atoms with Crippen molar-refractivity contribution in [3.05, 3.63) is 101 Å². The summed E-state index contributed by atoms with van der Waals surface area (Å²) < 4.78 is 0. The lowest BCUT2D eigenvalue weighted by molar-refractivity contribution is 0.102. The number of fused-ring (bicyclic) bond motifs is 2. The number of amides is 1. The molecule has 0 saturated heterocycles. The molecule has 140 valence electrons. The number of nitrogens with one attached hydrogen (secondary N) is 3. The van der Waals surface area contributed by atoms with Crippen LogP contribution in [-0.2, 0) is 0 Å². The van der Waals surface area contributed by atoms with Gasteiger partial charge in [-0.3, -0.25) is 9.59 Å². The van der Waals surface area contributed by atoms with E-state index in [-0.39, 0.29) is 17.2 Å². The summed E-state index contributed by atoms with van der Waals surface area (Å²) in [7, 11) is 0. The van der Waals surface area contributed by atoms with E-state index in [1.807, 2.05) is 78.9 Å². The van der Waals surface area contributed by atoms with Crippen molar-refractivity contribution in [2.24, 2.45) is 0 Å². The van der Waals surface area contributed by atoms with E-state index in [1.54, 1.807) is 6.07 Å². The topological polar surface area (TPSA) is 77.8 Å². The quantitative estimate of drug-likeness (QED) is 0.416. The van der Waals surface area contributed by atoms with Crippen molar-refractivity contribution in [1.82, 2.24) is 9.97 Å². The van der Waals surface area contributed by atoms with Crippen LogP contribution < -0.4 is 10.9 Å². The van der Waals surface area contributed by atoms with Crippen LogP contribution in [0.25, 0.3) is 32.9 Å². The molecule has 29 heavy (non-hydrogen) atoms. The van der Waals surface area contributed by atoms with Gasteiger partial charge in [-0.05, 0) is 23.8 Å². The molecule has 0 unspecified atom stereocenters. The summed E-state index contributed by atoms with van der Waals surface area (Å²) in [5, 5.41) is 4.64. The van der Waals surface area contributed by atoms with Crippen LogP contribution in [0.15, 0.2) is 89.7 Å². The largest absolute Gasteiger partial charge is 0.351 e. The number of para-hydroxylation sites is 2. The molecule has 0 spiro atoms. The summed E-state index contributed by atoms with van der Waals surface area (Å²) >= 11 is 0. The number of anilines is 1. The van der Waals surface area contributed by atoms with E-state index in [2.05, 4.69) is 15.3 Å². The first-order valence-corrected chi connectivity index (χ1v) is 9.30. The average molecular weight is 379 g/mol. The van der Waals surface area contributed by atoms with E-state index in [0.717, 1.165) is 27.4 Å². The van der Waals surface area contributed by atoms with Gasteiger partial charge in [-0.25, -0.2) is 0 Å². The van der Waals surface area contributed by atoms with Crippen LogP contribution in [0.4, 0.5) is 5.69 Å². The first-order chi connectivity index (χ1) is 14.2. The minimum absolute atomic E-state index is 0.235. The molecule has 0 aliphatic rings. The van der Waals surface area contributed by atoms with E-state index < -0.39 is 0 Å². The fourth-order valence-electron chi connectivity index (χ4n) is 3.64. The third-order valence-electron chi connectivity index (χ3n) is 5.00. The first-order valence-electron chi connectivity index (χ1n) is 9.30. The lowest BCUT2D eigenvalue weighted by atomic mass is 9.99. The number of rotatable bonds is 3. The molecule has 5 nitrogen and oxygen atoms in total. The van der Waals surface area contributed by atoms with Gasteiger partial charge in [-0.15, -0.1) is 0 Å². The fraction of sp³-hybridized carbons (Fsp3) is 0. The third-order valence-corrected chi connectivity index (χ3v) is 5.00.